The molecule has 1 amide bonds. The minimum absolute atomic E-state index is 0.0212. The monoisotopic (exact) mass is 757 g/mol. The summed E-state index contributed by atoms with van der Waals surface area (Å²) in [6.45, 7) is 6.18. The molecule has 0 N–H and O–H groups in total. The molecule has 1 fully saturated rings. The normalized spacial score (nSPS) is 22.7. The third-order valence-corrected chi connectivity index (χ3v) is 11.8. The van der Waals surface area contributed by atoms with Gasteiger partial charge < -0.3 is 4.90 Å². The van der Waals surface area contributed by atoms with Crippen LogP contribution in [-0.2, 0) is 6.42 Å². The molecule has 5 aliphatic rings. The average molecular weight is 758 g/mol. The molecule has 4 aliphatic carbocycles. The number of benzene rings is 4. The predicted molar refractivity (Wildman–Crippen MR) is 230 cm³/mol. The minimum atomic E-state index is -2.75. The molecule has 1 aliphatic heterocycles. The van der Waals surface area contributed by atoms with Crippen molar-refractivity contribution in [1.29, 1.82) is 0 Å². The highest BCUT2D eigenvalue weighted by molar-refractivity contribution is 6.08. The summed E-state index contributed by atoms with van der Waals surface area (Å²) in [5.74, 6) is 24.2. The molecule has 1 saturated carbocycles. The number of hydrogen-bond donors (Lipinski definition) is 0. The Hall–Kier alpha value is -5.55. The van der Waals surface area contributed by atoms with Crippen LogP contribution in [0.3, 0.4) is 0 Å². The van der Waals surface area contributed by atoms with Crippen LogP contribution in [0.15, 0.2) is 97.1 Å². The zero-order chi connectivity index (χ0) is 40.2. The van der Waals surface area contributed by atoms with E-state index < -0.39 is 11.8 Å². The molecule has 3 unspecified atom stereocenters. The van der Waals surface area contributed by atoms with Gasteiger partial charge in [-0.3, -0.25) is 4.79 Å². The highest BCUT2D eigenvalue weighted by atomic mass is 19.3. The highest BCUT2D eigenvalue weighted by Crippen LogP contribution is 2.54. The Labute approximate surface area is 339 Å². The molecule has 0 saturated heterocycles. The number of fused-ring (bicyclic) bond motifs is 5. The van der Waals surface area contributed by atoms with E-state index in [0.717, 1.165) is 66.7 Å². The van der Waals surface area contributed by atoms with Crippen molar-refractivity contribution in [2.75, 3.05) is 11.9 Å². The van der Waals surface area contributed by atoms with Gasteiger partial charge >= 0.3 is 5.92 Å². The lowest BCUT2D eigenvalue weighted by Gasteiger charge is -2.21. The molecule has 0 aromatic heterocycles. The van der Waals surface area contributed by atoms with Crippen molar-refractivity contribution in [2.45, 2.75) is 96.8 Å². The number of anilines is 1. The maximum absolute atomic E-state index is 12.9. The lowest BCUT2D eigenvalue weighted by atomic mass is 9.87. The van der Waals surface area contributed by atoms with Crippen LogP contribution < -0.4 is 4.90 Å². The molecule has 4 heteroatoms. The summed E-state index contributed by atoms with van der Waals surface area (Å²) in [5.41, 5.74) is 8.25. The second kappa shape index (κ2) is 19.5. The smallest absolute Gasteiger partial charge is 0.310 e. The van der Waals surface area contributed by atoms with E-state index in [4.69, 9.17) is 0 Å². The number of para-hydroxylation sites is 1. The topological polar surface area (TPSA) is 20.3 Å². The van der Waals surface area contributed by atoms with Gasteiger partial charge in [-0.05, 0) is 109 Å². The lowest BCUT2D eigenvalue weighted by molar-refractivity contribution is 0.00373. The maximum atomic E-state index is 12.9. The number of hydrogen-bond acceptors (Lipinski definition) is 1. The van der Waals surface area contributed by atoms with Crippen LogP contribution in [-0.4, -0.2) is 18.9 Å². The summed E-state index contributed by atoms with van der Waals surface area (Å²) in [7, 11) is 1.78. The van der Waals surface area contributed by atoms with Gasteiger partial charge in [0.15, 0.2) is 0 Å². The van der Waals surface area contributed by atoms with E-state index in [0.29, 0.717) is 24.3 Å². The van der Waals surface area contributed by atoms with E-state index in [-0.39, 0.29) is 5.91 Å². The van der Waals surface area contributed by atoms with Crippen LogP contribution in [0.4, 0.5) is 14.5 Å². The van der Waals surface area contributed by atoms with Crippen LogP contribution in [0.2, 0.25) is 0 Å². The predicted octanol–water partition coefficient (Wildman–Crippen LogP) is 12.1. The van der Waals surface area contributed by atoms with Crippen LogP contribution in [0.1, 0.15) is 128 Å². The first-order valence-corrected chi connectivity index (χ1v) is 20.7. The molecule has 0 bridgehead atoms. The van der Waals surface area contributed by atoms with Crippen molar-refractivity contribution in [2.24, 2.45) is 23.7 Å². The number of rotatable bonds is 1. The maximum Gasteiger partial charge on any atom is 0.310 e. The molecule has 290 valence electrons. The van der Waals surface area contributed by atoms with Gasteiger partial charge in [-0.15, -0.1) is 11.8 Å². The van der Waals surface area contributed by atoms with Gasteiger partial charge in [-0.2, -0.15) is 8.78 Å². The minimum Gasteiger partial charge on any atom is -0.310 e. The van der Waals surface area contributed by atoms with E-state index in [1.807, 2.05) is 54.5 Å². The lowest BCUT2D eigenvalue weighted by Crippen LogP contribution is -2.28. The highest BCUT2D eigenvalue weighted by Gasteiger charge is 2.46. The zero-order valence-corrected chi connectivity index (χ0v) is 33.8. The van der Waals surface area contributed by atoms with Gasteiger partial charge in [-0.1, -0.05) is 124 Å². The third-order valence-electron chi connectivity index (χ3n) is 11.8. The van der Waals surface area contributed by atoms with E-state index in [1.165, 1.54) is 41.5 Å². The van der Waals surface area contributed by atoms with E-state index in [1.54, 1.807) is 18.9 Å². The first-order valence-electron chi connectivity index (χ1n) is 20.7. The second-order valence-corrected chi connectivity index (χ2v) is 15.7. The van der Waals surface area contributed by atoms with Gasteiger partial charge in [0.1, 0.15) is 0 Å². The molecule has 1 heterocycles. The number of halogens is 2. The number of carbonyl (C=O) groups is 1. The number of carbonyl (C=O) groups excluding carboxylic acids is 1. The van der Waals surface area contributed by atoms with Gasteiger partial charge in [-0.25, -0.2) is 0 Å². The van der Waals surface area contributed by atoms with Gasteiger partial charge in [0.2, 0.25) is 0 Å². The van der Waals surface area contributed by atoms with Gasteiger partial charge in [0.25, 0.3) is 5.91 Å². The molecule has 4 aromatic carbocycles. The Morgan fingerprint density at radius 2 is 1.25 bits per heavy atom. The summed E-state index contributed by atoms with van der Waals surface area (Å²) >= 11 is 0. The number of nitrogens with zero attached hydrogens (tertiary/aromatic N) is 1. The third kappa shape index (κ3) is 10.7. The molecular formula is C53H53F2NO. The van der Waals surface area contributed by atoms with Crippen LogP contribution in [0.5, 0.6) is 0 Å². The van der Waals surface area contributed by atoms with Crippen LogP contribution >= 0.6 is 0 Å². The Kier molecular flexibility index (Phi) is 14.1. The second-order valence-electron chi connectivity index (χ2n) is 15.7. The average Bonchev–Trinajstić information content (AvgIpc) is 3.88. The Morgan fingerprint density at radius 1 is 0.667 bits per heavy atom. The Balaban J connectivity index is 0.000000132. The summed E-state index contributed by atoms with van der Waals surface area (Å²) in [5, 5.41) is 0. The summed E-state index contributed by atoms with van der Waals surface area (Å²) in [4.78, 5) is 14.1. The number of alkyl halides is 2. The Bertz CT molecular complexity index is 2280. The van der Waals surface area contributed by atoms with Crippen molar-refractivity contribution >= 4 is 11.6 Å². The molecule has 0 spiro atoms. The first kappa shape index (κ1) is 41.1. The fraction of sp³-hybridized carbons (Fsp3) is 0.377. The molecular weight excluding hydrogens is 705 g/mol. The quantitative estimate of drug-likeness (QED) is 0.177. The molecule has 4 aromatic rings. The Morgan fingerprint density at radius 3 is 1.98 bits per heavy atom. The molecule has 57 heavy (non-hydrogen) atoms. The fourth-order valence-corrected chi connectivity index (χ4v) is 8.30. The van der Waals surface area contributed by atoms with Gasteiger partial charge in [0, 0.05) is 54.5 Å². The van der Waals surface area contributed by atoms with Gasteiger partial charge in [0.05, 0.1) is 11.3 Å². The number of amides is 1. The van der Waals surface area contributed by atoms with Crippen molar-refractivity contribution in [3.05, 3.63) is 136 Å². The standard InChI is InChI=1S/C17H14.C16H11NO.C11H16.C9H12F2/c1-13-12-16-8-3-2-6-14(16)10-11-15-7-4-5-9-17(13)15;1-17-15-9-5-3-7-13(15)11-10-12-6-2-4-8-14(12)16(17)18;1-2-9-10-7-5-3-4-6-8-11(9)10;1-8-6-4-2-3-5-7-9(8,10)11/h2-9,13H,12H2,1H3;2-9H,1H3;9-11H,2,5-8H2,1H3;8H,2-4,6H2,1H3/t;;;8-/m...1/s1. The van der Waals surface area contributed by atoms with Crippen LogP contribution in [0, 0.1) is 71.0 Å². The SMILES string of the molecule is CC1Cc2ccccc2C#Cc2ccccc21.CCC1C2CCC#CCCC12.CN1C(=O)c2ccccc2C#Cc2ccccc21.C[C@@H]1CCCCC#CC1(F)F. The first-order chi connectivity index (χ1) is 27.7. The summed E-state index contributed by atoms with van der Waals surface area (Å²) in [6.07, 6.45) is 10.6. The summed E-state index contributed by atoms with van der Waals surface area (Å²) < 4.78 is 25.7. The summed E-state index contributed by atoms with van der Waals surface area (Å²) in [6, 6.07) is 32.1. The van der Waals surface area contributed by atoms with E-state index in [9.17, 15) is 13.6 Å². The molecule has 2 nitrogen and oxygen atoms in total. The molecule has 0 radical (unpaired) electrons. The van der Waals surface area contributed by atoms with Crippen molar-refractivity contribution < 1.29 is 13.6 Å². The largest absolute Gasteiger partial charge is 0.310 e. The van der Waals surface area contributed by atoms with Crippen molar-refractivity contribution in [3.8, 4) is 47.4 Å². The van der Waals surface area contributed by atoms with E-state index >= 15 is 0 Å². The van der Waals surface area contributed by atoms with Crippen molar-refractivity contribution in [1.82, 2.24) is 0 Å². The fourth-order valence-electron chi connectivity index (χ4n) is 8.30. The zero-order valence-electron chi connectivity index (χ0n) is 33.8. The molecule has 4 atom stereocenters. The van der Waals surface area contributed by atoms with Crippen molar-refractivity contribution in [3.63, 3.8) is 0 Å². The molecule has 9 rings (SSSR count). The van der Waals surface area contributed by atoms with Crippen LogP contribution in [0.25, 0.3) is 0 Å². The van der Waals surface area contributed by atoms with E-state index in [2.05, 4.69) is 104 Å².